The van der Waals surface area contributed by atoms with Gasteiger partial charge in [-0.3, -0.25) is 0 Å². The summed E-state index contributed by atoms with van der Waals surface area (Å²) in [4.78, 5) is 10.8. The molecular weight excluding hydrogens is 194 g/mol. The smallest absolute Gasteiger partial charge is 0.339 e. The Morgan fingerprint density at radius 1 is 1.50 bits per heavy atom. The first-order chi connectivity index (χ1) is 6.56. The fourth-order valence-corrected chi connectivity index (χ4v) is 0.963. The Hall–Kier alpha value is -1.49. The molecule has 0 fully saturated rings. The molecule has 3 nitrogen and oxygen atoms in total. The highest BCUT2D eigenvalue weighted by Crippen LogP contribution is 2.19. The van der Waals surface area contributed by atoms with Gasteiger partial charge in [0.05, 0.1) is 7.11 Å². The molecule has 1 aromatic carbocycles. The van der Waals surface area contributed by atoms with Gasteiger partial charge in [0.2, 0.25) is 0 Å². The van der Waals surface area contributed by atoms with Crippen molar-refractivity contribution in [1.29, 1.82) is 0 Å². The second kappa shape index (κ2) is 4.15. The summed E-state index contributed by atoms with van der Waals surface area (Å²) in [5.41, 5.74) is -0.433. The molecule has 1 aromatic rings. The summed E-state index contributed by atoms with van der Waals surface area (Å²) in [7, 11) is 1.04. The SMILES string of the molecule is COC(=O)C(O)c1cc(F)ccc1F. The zero-order valence-electron chi connectivity index (χ0n) is 7.33. The molecule has 0 spiro atoms. The summed E-state index contributed by atoms with van der Waals surface area (Å²) in [5.74, 6) is -2.62. The summed E-state index contributed by atoms with van der Waals surface area (Å²) >= 11 is 0. The molecular formula is C9H8F2O3. The Balaban J connectivity index is 3.05. The Kier molecular flexibility index (Phi) is 3.14. The molecule has 76 valence electrons. The van der Waals surface area contributed by atoms with E-state index >= 15 is 0 Å². The number of carbonyl (C=O) groups excluding carboxylic acids is 1. The lowest BCUT2D eigenvalue weighted by Gasteiger charge is -2.09. The van der Waals surface area contributed by atoms with Crippen LogP contribution in [0.4, 0.5) is 8.78 Å². The van der Waals surface area contributed by atoms with Gasteiger partial charge in [-0.1, -0.05) is 0 Å². The number of halogens is 2. The number of methoxy groups -OCH3 is 1. The van der Waals surface area contributed by atoms with E-state index in [1.54, 1.807) is 0 Å². The fraction of sp³-hybridized carbons (Fsp3) is 0.222. The second-order valence-electron chi connectivity index (χ2n) is 2.59. The molecule has 0 aromatic heterocycles. The van der Waals surface area contributed by atoms with Gasteiger partial charge >= 0.3 is 5.97 Å². The van der Waals surface area contributed by atoms with Gasteiger partial charge in [-0.05, 0) is 18.2 Å². The molecule has 0 aliphatic rings. The van der Waals surface area contributed by atoms with E-state index < -0.39 is 29.3 Å². The highest BCUT2D eigenvalue weighted by Gasteiger charge is 2.21. The van der Waals surface area contributed by atoms with Crippen molar-refractivity contribution in [3.8, 4) is 0 Å². The van der Waals surface area contributed by atoms with E-state index in [-0.39, 0.29) is 0 Å². The molecule has 1 N–H and O–H groups in total. The number of rotatable bonds is 2. The second-order valence-corrected chi connectivity index (χ2v) is 2.59. The van der Waals surface area contributed by atoms with E-state index in [1.807, 2.05) is 0 Å². The number of hydrogen-bond acceptors (Lipinski definition) is 3. The first-order valence-corrected chi connectivity index (χ1v) is 3.77. The maximum absolute atomic E-state index is 13.0. The van der Waals surface area contributed by atoms with Crippen molar-refractivity contribution >= 4 is 5.97 Å². The maximum atomic E-state index is 13.0. The first kappa shape index (κ1) is 10.6. The molecule has 0 heterocycles. The highest BCUT2D eigenvalue weighted by molar-refractivity contribution is 5.76. The molecule has 0 saturated heterocycles. The predicted octanol–water partition coefficient (Wildman–Crippen LogP) is 1.17. The van der Waals surface area contributed by atoms with Crippen molar-refractivity contribution in [2.24, 2.45) is 0 Å². The van der Waals surface area contributed by atoms with Gasteiger partial charge < -0.3 is 9.84 Å². The monoisotopic (exact) mass is 202 g/mol. The van der Waals surface area contributed by atoms with Crippen molar-refractivity contribution in [3.63, 3.8) is 0 Å². The molecule has 0 aliphatic heterocycles. The number of aliphatic hydroxyl groups excluding tert-OH is 1. The van der Waals surface area contributed by atoms with Crippen molar-refractivity contribution in [2.45, 2.75) is 6.10 Å². The normalized spacial score (nSPS) is 12.3. The van der Waals surface area contributed by atoms with E-state index in [4.69, 9.17) is 0 Å². The minimum atomic E-state index is -1.80. The molecule has 0 amide bonds. The Morgan fingerprint density at radius 3 is 2.71 bits per heavy atom. The topological polar surface area (TPSA) is 46.5 Å². The number of carbonyl (C=O) groups is 1. The Morgan fingerprint density at radius 2 is 2.14 bits per heavy atom. The third-order valence-corrected chi connectivity index (χ3v) is 1.68. The van der Waals surface area contributed by atoms with Crippen LogP contribution in [-0.2, 0) is 9.53 Å². The molecule has 0 saturated carbocycles. The lowest BCUT2D eigenvalue weighted by atomic mass is 10.1. The average Bonchev–Trinajstić information content (AvgIpc) is 2.19. The van der Waals surface area contributed by atoms with Gasteiger partial charge in [0.15, 0.2) is 6.10 Å². The summed E-state index contributed by atoms with van der Waals surface area (Å²) in [6, 6.07) is 2.47. The molecule has 14 heavy (non-hydrogen) atoms. The number of esters is 1. The average molecular weight is 202 g/mol. The lowest BCUT2D eigenvalue weighted by Crippen LogP contribution is -2.15. The largest absolute Gasteiger partial charge is 0.467 e. The van der Waals surface area contributed by atoms with Crippen molar-refractivity contribution in [2.75, 3.05) is 7.11 Å². The standard InChI is InChI=1S/C9H8F2O3/c1-14-9(13)8(12)6-4-5(10)2-3-7(6)11/h2-4,8,12H,1H3. The fourth-order valence-electron chi connectivity index (χ4n) is 0.963. The van der Waals surface area contributed by atoms with E-state index in [9.17, 15) is 18.7 Å². The Bertz CT molecular complexity index is 352. The summed E-state index contributed by atoms with van der Waals surface area (Å²) in [5, 5.41) is 9.21. The predicted molar refractivity (Wildman–Crippen MR) is 43.3 cm³/mol. The van der Waals surface area contributed by atoms with Crippen LogP contribution in [0.5, 0.6) is 0 Å². The van der Waals surface area contributed by atoms with E-state index in [1.165, 1.54) is 0 Å². The van der Waals surface area contributed by atoms with Crippen LogP contribution in [-0.4, -0.2) is 18.2 Å². The zero-order valence-corrected chi connectivity index (χ0v) is 7.33. The van der Waals surface area contributed by atoms with Crippen LogP contribution in [0.15, 0.2) is 18.2 Å². The van der Waals surface area contributed by atoms with Crippen LogP contribution >= 0.6 is 0 Å². The molecule has 0 aliphatic carbocycles. The van der Waals surface area contributed by atoms with Gasteiger partial charge in [-0.15, -0.1) is 0 Å². The van der Waals surface area contributed by atoms with Crippen molar-refractivity contribution in [3.05, 3.63) is 35.4 Å². The van der Waals surface area contributed by atoms with Gasteiger partial charge in [-0.2, -0.15) is 0 Å². The van der Waals surface area contributed by atoms with E-state index in [0.717, 1.165) is 25.3 Å². The third kappa shape index (κ3) is 2.05. The van der Waals surface area contributed by atoms with E-state index in [0.29, 0.717) is 0 Å². The van der Waals surface area contributed by atoms with Gasteiger partial charge in [0.25, 0.3) is 0 Å². The number of benzene rings is 1. The van der Waals surface area contributed by atoms with Gasteiger partial charge in [-0.25, -0.2) is 13.6 Å². The molecule has 1 atom stereocenters. The highest BCUT2D eigenvalue weighted by atomic mass is 19.1. The summed E-state index contributed by atoms with van der Waals surface area (Å²) in [6.07, 6.45) is -1.80. The lowest BCUT2D eigenvalue weighted by molar-refractivity contribution is -0.150. The maximum Gasteiger partial charge on any atom is 0.339 e. The first-order valence-electron chi connectivity index (χ1n) is 3.77. The number of aliphatic hydroxyl groups is 1. The van der Waals surface area contributed by atoms with E-state index in [2.05, 4.69) is 4.74 Å². The van der Waals surface area contributed by atoms with Crippen molar-refractivity contribution in [1.82, 2.24) is 0 Å². The zero-order chi connectivity index (χ0) is 10.7. The molecule has 0 bridgehead atoms. The minimum absolute atomic E-state index is 0.433. The molecule has 0 radical (unpaired) electrons. The quantitative estimate of drug-likeness (QED) is 0.732. The molecule has 1 rings (SSSR count). The van der Waals surface area contributed by atoms with Gasteiger partial charge in [0, 0.05) is 5.56 Å². The van der Waals surface area contributed by atoms with Crippen molar-refractivity contribution < 1.29 is 23.4 Å². The Labute approximate surface area is 78.9 Å². The summed E-state index contributed by atoms with van der Waals surface area (Å²) < 4.78 is 29.8. The summed E-state index contributed by atoms with van der Waals surface area (Å²) in [6.45, 7) is 0. The van der Waals surface area contributed by atoms with Gasteiger partial charge in [0.1, 0.15) is 11.6 Å². The number of hydrogen-bond donors (Lipinski definition) is 1. The van der Waals surface area contributed by atoms with Crippen LogP contribution in [0.2, 0.25) is 0 Å². The molecule has 5 heteroatoms. The minimum Gasteiger partial charge on any atom is -0.467 e. The van der Waals surface area contributed by atoms with Crippen LogP contribution in [0, 0.1) is 11.6 Å². The third-order valence-electron chi connectivity index (χ3n) is 1.68. The number of ether oxygens (including phenoxy) is 1. The van der Waals surface area contributed by atoms with Crippen LogP contribution < -0.4 is 0 Å². The van der Waals surface area contributed by atoms with Crippen LogP contribution in [0.3, 0.4) is 0 Å². The van der Waals surface area contributed by atoms with Crippen LogP contribution in [0.1, 0.15) is 11.7 Å². The molecule has 1 unspecified atom stereocenters. The van der Waals surface area contributed by atoms with Crippen LogP contribution in [0.25, 0.3) is 0 Å².